The Morgan fingerprint density at radius 1 is 0.238 bits per heavy atom. The molecule has 0 saturated carbocycles. The van der Waals surface area contributed by atoms with Crippen LogP contribution in [0, 0.1) is 0 Å². The van der Waals surface area contributed by atoms with Crippen LogP contribution < -0.4 is 4.90 Å². The minimum atomic E-state index is -0.528. The van der Waals surface area contributed by atoms with Crippen LogP contribution in [0.5, 0.6) is 0 Å². The second-order valence-corrected chi connectivity index (χ2v) is 17.1. The first-order valence-electron chi connectivity index (χ1n) is 22.0. The maximum absolute atomic E-state index is 2.57. The first-order valence-corrected chi connectivity index (χ1v) is 22.0. The molecule has 1 nitrogen and oxygen atoms in total. The summed E-state index contributed by atoms with van der Waals surface area (Å²) < 4.78 is 0. The van der Waals surface area contributed by atoms with Crippen LogP contribution in [0.25, 0.3) is 44.5 Å². The van der Waals surface area contributed by atoms with Crippen molar-refractivity contribution in [3.05, 3.63) is 293 Å². The van der Waals surface area contributed by atoms with Crippen molar-refractivity contribution in [3.63, 3.8) is 0 Å². The van der Waals surface area contributed by atoms with E-state index in [1.165, 1.54) is 89.0 Å². The summed E-state index contributed by atoms with van der Waals surface area (Å²) in [5.41, 5.74) is 22.9. The third kappa shape index (κ3) is 4.82. The van der Waals surface area contributed by atoms with Crippen molar-refractivity contribution in [1.82, 2.24) is 0 Å². The summed E-state index contributed by atoms with van der Waals surface area (Å²) in [6.07, 6.45) is 0. The lowest BCUT2D eigenvalue weighted by molar-refractivity contribution is 0.768. The molecule has 0 aliphatic heterocycles. The van der Waals surface area contributed by atoms with Gasteiger partial charge in [0, 0.05) is 16.8 Å². The Hall–Kier alpha value is -8.00. The molecule has 0 heterocycles. The van der Waals surface area contributed by atoms with Crippen LogP contribution in [-0.2, 0) is 10.8 Å². The average Bonchev–Trinajstić information content (AvgIpc) is 3.96. The second kappa shape index (κ2) is 13.8. The molecule has 1 heteroatoms. The van der Waals surface area contributed by atoms with Crippen LogP contribution >= 0.6 is 0 Å². The van der Waals surface area contributed by atoms with Crippen molar-refractivity contribution in [2.24, 2.45) is 0 Å². The fraction of sp³-hybridized carbons (Fsp3) is 0.0323. The topological polar surface area (TPSA) is 3.24 Å². The maximum Gasteiger partial charge on any atom is 0.0726 e. The van der Waals surface area contributed by atoms with Crippen LogP contribution in [0.15, 0.2) is 249 Å². The van der Waals surface area contributed by atoms with E-state index >= 15 is 0 Å². The Morgan fingerprint density at radius 3 is 1.08 bits per heavy atom. The van der Waals surface area contributed by atoms with Gasteiger partial charge in [0.2, 0.25) is 0 Å². The van der Waals surface area contributed by atoms with Crippen molar-refractivity contribution >= 4 is 17.1 Å². The Kier molecular flexibility index (Phi) is 7.80. The highest BCUT2D eigenvalue weighted by Gasteiger charge is 2.53. The lowest BCUT2D eigenvalue weighted by Crippen LogP contribution is -2.28. The standard InChI is InChI=1S/C62H41N/c1-4-20-42(21-5-1)43-38-40-46(41-39-43)63(57-36-18-34-55-59(57)49-28-12-16-32-53(49)61(55,44-22-6-2-7-23-44)45-24-8-3-9-25-45)58-37-19-35-56-60(58)50-29-13-17-33-54(50)62(56)51-30-14-10-26-47(51)48-27-11-15-31-52(48)62/h1-41H. The fourth-order valence-electron chi connectivity index (χ4n) is 11.8. The monoisotopic (exact) mass is 799 g/mol. The molecule has 1 spiro atoms. The molecule has 0 saturated heterocycles. The highest BCUT2D eigenvalue weighted by molar-refractivity contribution is 6.04. The van der Waals surface area contributed by atoms with E-state index in [4.69, 9.17) is 0 Å². The lowest BCUT2D eigenvalue weighted by atomic mass is 9.68. The van der Waals surface area contributed by atoms with Gasteiger partial charge in [-0.1, -0.05) is 224 Å². The first kappa shape index (κ1) is 35.7. The van der Waals surface area contributed by atoms with Crippen molar-refractivity contribution in [1.29, 1.82) is 0 Å². The largest absolute Gasteiger partial charge is 0.309 e. The highest BCUT2D eigenvalue weighted by atomic mass is 15.1. The zero-order valence-corrected chi connectivity index (χ0v) is 34.6. The van der Waals surface area contributed by atoms with E-state index in [1.807, 2.05) is 0 Å². The van der Waals surface area contributed by atoms with E-state index < -0.39 is 10.8 Å². The number of benzene rings is 10. The van der Waals surface area contributed by atoms with E-state index in [0.29, 0.717) is 0 Å². The quantitative estimate of drug-likeness (QED) is 0.162. The molecule has 0 unspecified atom stereocenters. The predicted molar refractivity (Wildman–Crippen MR) is 260 cm³/mol. The Bertz CT molecular complexity index is 3200. The molecule has 3 aliphatic rings. The van der Waals surface area contributed by atoms with Crippen LogP contribution in [0.2, 0.25) is 0 Å². The van der Waals surface area contributed by atoms with Crippen LogP contribution in [0.3, 0.4) is 0 Å². The molecule has 0 bridgehead atoms. The minimum Gasteiger partial charge on any atom is -0.309 e. The van der Waals surface area contributed by atoms with Gasteiger partial charge >= 0.3 is 0 Å². The van der Waals surface area contributed by atoms with E-state index in [-0.39, 0.29) is 0 Å². The molecule has 63 heavy (non-hydrogen) atoms. The number of anilines is 3. The molecule has 10 aromatic carbocycles. The summed E-state index contributed by atoms with van der Waals surface area (Å²) in [5.74, 6) is 0. The van der Waals surface area contributed by atoms with Gasteiger partial charge in [-0.2, -0.15) is 0 Å². The van der Waals surface area contributed by atoms with Gasteiger partial charge in [-0.3, -0.25) is 0 Å². The normalized spacial score (nSPS) is 14.0. The molecule has 0 amide bonds. The van der Waals surface area contributed by atoms with Gasteiger partial charge in [0.1, 0.15) is 0 Å². The molecular formula is C62H41N. The number of nitrogens with zero attached hydrogens (tertiary/aromatic N) is 1. The molecule has 10 aromatic rings. The number of hydrogen-bond donors (Lipinski definition) is 0. The average molecular weight is 800 g/mol. The summed E-state index contributed by atoms with van der Waals surface area (Å²) in [5, 5.41) is 0. The van der Waals surface area contributed by atoms with Gasteiger partial charge in [-0.15, -0.1) is 0 Å². The van der Waals surface area contributed by atoms with Crippen LogP contribution in [0.1, 0.15) is 44.5 Å². The summed E-state index contributed by atoms with van der Waals surface area (Å²) in [4.78, 5) is 2.57. The second-order valence-electron chi connectivity index (χ2n) is 17.1. The first-order chi connectivity index (χ1) is 31.3. The third-order valence-electron chi connectivity index (χ3n) is 14.2. The molecule has 3 aliphatic carbocycles. The Balaban J connectivity index is 1.13. The SMILES string of the molecule is c1ccc(-c2ccc(N(c3cccc4c3-c3ccccc3C4(c3ccccc3)c3ccccc3)c3cccc4c3-c3ccccc3C43c4ccccc4-c4ccccc43)cc2)cc1. The van der Waals surface area contributed by atoms with Gasteiger partial charge in [-0.25, -0.2) is 0 Å². The summed E-state index contributed by atoms with van der Waals surface area (Å²) in [6, 6.07) is 92.7. The Morgan fingerprint density at radius 2 is 0.587 bits per heavy atom. The highest BCUT2D eigenvalue weighted by Crippen LogP contribution is 2.66. The predicted octanol–water partition coefficient (Wildman–Crippen LogP) is 15.5. The van der Waals surface area contributed by atoms with Crippen molar-refractivity contribution in [2.75, 3.05) is 4.90 Å². The van der Waals surface area contributed by atoms with Crippen LogP contribution in [-0.4, -0.2) is 0 Å². The van der Waals surface area contributed by atoms with E-state index in [0.717, 1.165) is 17.1 Å². The lowest BCUT2D eigenvalue weighted by Gasteiger charge is -2.35. The number of hydrogen-bond acceptors (Lipinski definition) is 1. The zero-order chi connectivity index (χ0) is 41.5. The van der Waals surface area contributed by atoms with E-state index in [1.54, 1.807) is 0 Å². The molecular weight excluding hydrogens is 759 g/mol. The molecule has 0 fully saturated rings. The zero-order valence-electron chi connectivity index (χ0n) is 34.6. The number of fused-ring (bicyclic) bond motifs is 13. The summed E-state index contributed by atoms with van der Waals surface area (Å²) >= 11 is 0. The van der Waals surface area contributed by atoms with E-state index in [2.05, 4.69) is 254 Å². The maximum atomic E-state index is 2.57. The van der Waals surface area contributed by atoms with Crippen molar-refractivity contribution in [3.8, 4) is 44.5 Å². The van der Waals surface area contributed by atoms with E-state index in [9.17, 15) is 0 Å². The van der Waals surface area contributed by atoms with Gasteiger partial charge < -0.3 is 4.90 Å². The van der Waals surface area contributed by atoms with Gasteiger partial charge in [0.25, 0.3) is 0 Å². The van der Waals surface area contributed by atoms with Gasteiger partial charge in [0.05, 0.1) is 22.2 Å². The molecule has 0 N–H and O–H groups in total. The smallest absolute Gasteiger partial charge is 0.0726 e. The Labute approximate surface area is 368 Å². The minimum absolute atomic E-state index is 0.459. The van der Waals surface area contributed by atoms with Crippen molar-refractivity contribution < 1.29 is 0 Å². The fourth-order valence-corrected chi connectivity index (χ4v) is 11.8. The van der Waals surface area contributed by atoms with Gasteiger partial charge in [0.15, 0.2) is 0 Å². The molecule has 0 radical (unpaired) electrons. The summed E-state index contributed by atoms with van der Waals surface area (Å²) in [6.45, 7) is 0. The van der Waals surface area contributed by atoms with Gasteiger partial charge in [-0.05, 0) is 102 Å². The van der Waals surface area contributed by atoms with Crippen LogP contribution in [0.4, 0.5) is 17.1 Å². The molecule has 0 aromatic heterocycles. The number of rotatable bonds is 6. The summed E-state index contributed by atoms with van der Waals surface area (Å²) in [7, 11) is 0. The van der Waals surface area contributed by atoms with Crippen molar-refractivity contribution in [2.45, 2.75) is 10.8 Å². The molecule has 13 rings (SSSR count). The molecule has 0 atom stereocenters. The third-order valence-corrected chi connectivity index (χ3v) is 14.2. The molecule has 294 valence electrons.